The molecule has 0 atom stereocenters. The van der Waals surface area contributed by atoms with Gasteiger partial charge in [0.1, 0.15) is 4.90 Å². The van der Waals surface area contributed by atoms with Crippen LogP contribution in [0.1, 0.15) is 21.5 Å². The Balaban J connectivity index is 2.40. The highest BCUT2D eigenvalue weighted by molar-refractivity contribution is 7.90. The molecule has 33 heavy (non-hydrogen) atoms. The van der Waals surface area contributed by atoms with E-state index in [0.29, 0.717) is 0 Å². The fourth-order valence-corrected chi connectivity index (χ4v) is 4.41. The molecule has 2 aromatic rings. The monoisotopic (exact) mass is 503 g/mol. The summed E-state index contributed by atoms with van der Waals surface area (Å²) in [6.07, 6.45) is 0.910. The summed E-state index contributed by atoms with van der Waals surface area (Å²) >= 11 is 0. The van der Waals surface area contributed by atoms with Crippen LogP contribution in [0.15, 0.2) is 23.1 Å². The van der Waals surface area contributed by atoms with E-state index in [1.165, 1.54) is 33.3 Å². The zero-order chi connectivity index (χ0) is 25.0. The molecule has 180 valence electrons. The van der Waals surface area contributed by atoms with E-state index in [0.717, 1.165) is 12.3 Å². The number of aromatic carboxylic acids is 1. The molecule has 0 aliphatic heterocycles. The Kier molecular flexibility index (Phi) is 7.78. The van der Waals surface area contributed by atoms with Crippen LogP contribution in [-0.4, -0.2) is 64.4 Å². The van der Waals surface area contributed by atoms with Crippen LogP contribution in [-0.2, 0) is 26.6 Å². The van der Waals surface area contributed by atoms with Crippen LogP contribution in [0.5, 0.6) is 11.8 Å². The molecule has 0 spiro atoms. The van der Waals surface area contributed by atoms with Crippen LogP contribution in [0, 0.1) is 6.92 Å². The number of carbonyl (C=O) groups is 2. The average Bonchev–Trinajstić information content (AvgIpc) is 2.70. The van der Waals surface area contributed by atoms with Crippen molar-refractivity contribution >= 4 is 38.0 Å². The fraction of sp³-hybridized carbons (Fsp3) is 0.294. The summed E-state index contributed by atoms with van der Waals surface area (Å²) in [5, 5.41) is 11.5. The van der Waals surface area contributed by atoms with Crippen LogP contribution < -0.4 is 24.2 Å². The molecular weight excluding hydrogens is 482 g/mol. The van der Waals surface area contributed by atoms with Crippen molar-refractivity contribution in [1.29, 1.82) is 0 Å². The van der Waals surface area contributed by atoms with Gasteiger partial charge in [0.25, 0.3) is 10.0 Å². The van der Waals surface area contributed by atoms with Gasteiger partial charge in [0.2, 0.25) is 27.7 Å². The standard InChI is InChI=1S/C17H21N5O9S2/c1-9-10(8-18-32(4,26)27)5-6-11(15(23)24)14(9)33(28,29)22-17(25)21-16-19-12(30-2)7-13(20-16)31-3/h5-7,18H,8H2,1-4H3,(H,23,24)(H2,19,20,21,22,25). The van der Waals surface area contributed by atoms with Crippen LogP contribution in [0.4, 0.5) is 10.7 Å². The van der Waals surface area contributed by atoms with Gasteiger partial charge < -0.3 is 14.6 Å². The Hall–Kier alpha value is -3.50. The van der Waals surface area contributed by atoms with E-state index >= 15 is 0 Å². The second kappa shape index (κ2) is 9.97. The molecule has 0 bridgehead atoms. The highest BCUT2D eigenvalue weighted by Crippen LogP contribution is 2.24. The first-order valence-corrected chi connectivity index (χ1v) is 12.3. The van der Waals surface area contributed by atoms with E-state index < -0.39 is 42.5 Å². The summed E-state index contributed by atoms with van der Waals surface area (Å²) in [5.41, 5.74) is -0.493. The second-order valence-corrected chi connectivity index (χ2v) is 9.91. The summed E-state index contributed by atoms with van der Waals surface area (Å²) in [4.78, 5) is 30.9. The van der Waals surface area contributed by atoms with Crippen molar-refractivity contribution in [2.75, 3.05) is 25.8 Å². The smallest absolute Gasteiger partial charge is 0.337 e. The highest BCUT2D eigenvalue weighted by Gasteiger charge is 2.28. The number of carboxylic acids is 1. The molecule has 0 saturated heterocycles. The second-order valence-electron chi connectivity index (χ2n) is 6.46. The molecular formula is C17H21N5O9S2. The van der Waals surface area contributed by atoms with Crippen molar-refractivity contribution in [1.82, 2.24) is 19.4 Å². The van der Waals surface area contributed by atoms with Gasteiger partial charge in [-0.2, -0.15) is 9.97 Å². The van der Waals surface area contributed by atoms with Crippen molar-refractivity contribution in [3.05, 3.63) is 34.9 Å². The van der Waals surface area contributed by atoms with E-state index in [4.69, 9.17) is 9.47 Å². The van der Waals surface area contributed by atoms with Crippen molar-refractivity contribution in [2.45, 2.75) is 18.4 Å². The van der Waals surface area contributed by atoms with Crippen molar-refractivity contribution in [3.63, 3.8) is 0 Å². The van der Waals surface area contributed by atoms with Crippen molar-refractivity contribution in [2.24, 2.45) is 0 Å². The minimum absolute atomic E-state index is 0.0232. The topological polar surface area (TPSA) is 203 Å². The number of nitrogens with zero attached hydrogens (tertiary/aromatic N) is 2. The highest BCUT2D eigenvalue weighted by atomic mass is 32.2. The predicted octanol–water partition coefficient (Wildman–Crippen LogP) is 0.0600. The summed E-state index contributed by atoms with van der Waals surface area (Å²) in [5.74, 6) is -1.87. The third-order valence-electron chi connectivity index (χ3n) is 4.09. The molecule has 4 N–H and O–H groups in total. The number of carbonyl (C=O) groups excluding carboxylic acids is 1. The molecule has 0 unspecified atom stereocenters. The number of rotatable bonds is 9. The van der Waals surface area contributed by atoms with Crippen LogP contribution in [0.2, 0.25) is 0 Å². The zero-order valence-corrected chi connectivity index (χ0v) is 19.5. The van der Waals surface area contributed by atoms with E-state index in [1.807, 2.05) is 0 Å². The van der Waals surface area contributed by atoms with E-state index in [9.17, 15) is 31.5 Å². The average molecular weight is 504 g/mol. The quantitative estimate of drug-likeness (QED) is 0.360. The molecule has 2 rings (SSSR count). The lowest BCUT2D eigenvalue weighted by Crippen LogP contribution is -2.36. The Labute approximate surface area is 189 Å². The summed E-state index contributed by atoms with van der Waals surface area (Å²) in [6, 6.07) is 2.29. The molecule has 16 heteroatoms. The van der Waals surface area contributed by atoms with E-state index in [2.05, 4.69) is 20.0 Å². The molecule has 0 radical (unpaired) electrons. The third-order valence-corrected chi connectivity index (χ3v) is 6.28. The number of sulfonamides is 2. The Morgan fingerprint density at radius 2 is 1.64 bits per heavy atom. The fourth-order valence-electron chi connectivity index (χ4n) is 2.62. The maximum atomic E-state index is 12.9. The number of aromatic nitrogens is 2. The van der Waals surface area contributed by atoms with Gasteiger partial charge in [0.15, 0.2) is 0 Å². The molecule has 0 saturated carbocycles. The van der Waals surface area contributed by atoms with Gasteiger partial charge >= 0.3 is 12.0 Å². The lowest BCUT2D eigenvalue weighted by atomic mass is 10.1. The number of nitrogens with one attached hydrogen (secondary N) is 3. The molecule has 0 fully saturated rings. The van der Waals surface area contributed by atoms with Gasteiger partial charge in [-0.25, -0.2) is 35.9 Å². The molecule has 2 amide bonds. The minimum Gasteiger partial charge on any atom is -0.481 e. The SMILES string of the molecule is COc1cc(OC)nc(NC(=O)NS(=O)(=O)c2c(C(=O)O)ccc(CNS(C)(=O)=O)c2C)n1. The Morgan fingerprint density at radius 3 is 2.12 bits per heavy atom. The maximum absolute atomic E-state index is 12.9. The number of benzene rings is 1. The largest absolute Gasteiger partial charge is 0.481 e. The normalized spacial score (nSPS) is 11.5. The van der Waals surface area contributed by atoms with Gasteiger partial charge in [-0.1, -0.05) is 6.07 Å². The Morgan fingerprint density at radius 1 is 1.06 bits per heavy atom. The van der Waals surface area contributed by atoms with Gasteiger partial charge in [-0.05, 0) is 24.1 Å². The van der Waals surface area contributed by atoms with Crippen molar-refractivity contribution < 1.29 is 41.0 Å². The first-order valence-electron chi connectivity index (χ1n) is 8.88. The van der Waals surface area contributed by atoms with Gasteiger partial charge in [0.05, 0.1) is 32.1 Å². The van der Waals surface area contributed by atoms with Gasteiger partial charge in [0, 0.05) is 6.54 Å². The summed E-state index contributed by atoms with van der Waals surface area (Å²) in [7, 11) is -5.73. The number of anilines is 1. The summed E-state index contributed by atoms with van der Waals surface area (Å²) < 4.78 is 62.3. The number of methoxy groups -OCH3 is 2. The number of hydrogen-bond donors (Lipinski definition) is 4. The van der Waals surface area contributed by atoms with E-state index in [-0.39, 0.29) is 35.4 Å². The Bertz CT molecular complexity index is 1270. The molecule has 0 aliphatic rings. The van der Waals surface area contributed by atoms with Crippen LogP contribution in [0.25, 0.3) is 0 Å². The number of ether oxygens (including phenoxy) is 2. The third kappa shape index (κ3) is 6.74. The zero-order valence-electron chi connectivity index (χ0n) is 17.9. The number of urea groups is 1. The predicted molar refractivity (Wildman–Crippen MR) is 114 cm³/mol. The van der Waals surface area contributed by atoms with Crippen molar-refractivity contribution in [3.8, 4) is 11.8 Å². The molecule has 0 aliphatic carbocycles. The number of hydrogen-bond acceptors (Lipinski definition) is 10. The molecule has 1 aromatic heterocycles. The molecule has 1 heterocycles. The van der Waals surface area contributed by atoms with Gasteiger partial charge in [-0.3, -0.25) is 5.32 Å². The first-order chi connectivity index (χ1) is 15.3. The lowest BCUT2D eigenvalue weighted by molar-refractivity contribution is 0.0692. The maximum Gasteiger partial charge on any atom is 0.337 e. The van der Waals surface area contributed by atoms with Crippen LogP contribution in [0.3, 0.4) is 0 Å². The van der Waals surface area contributed by atoms with Gasteiger partial charge in [-0.15, -0.1) is 0 Å². The number of amides is 2. The lowest BCUT2D eigenvalue weighted by Gasteiger charge is -2.16. The molecule has 1 aromatic carbocycles. The van der Waals surface area contributed by atoms with E-state index in [1.54, 1.807) is 4.72 Å². The first kappa shape index (κ1) is 25.8. The van der Waals surface area contributed by atoms with Crippen LogP contribution >= 0.6 is 0 Å². The minimum atomic E-state index is -4.73. The molecule has 14 nitrogen and oxygen atoms in total. The number of carboxylic acid groups (broad SMARTS) is 1. The summed E-state index contributed by atoms with van der Waals surface area (Å²) in [6.45, 7) is 0.991.